The lowest BCUT2D eigenvalue weighted by molar-refractivity contribution is -0.281. The summed E-state index contributed by atoms with van der Waals surface area (Å²) < 4.78 is 52.7. The lowest BCUT2D eigenvalue weighted by Crippen LogP contribution is -2.43. The van der Waals surface area contributed by atoms with E-state index in [1.165, 1.54) is 12.1 Å². The van der Waals surface area contributed by atoms with Crippen molar-refractivity contribution in [3.63, 3.8) is 0 Å². The molecule has 10 heteroatoms. The number of carboxylic acid groups (broad SMARTS) is 1. The first-order valence-electron chi connectivity index (χ1n) is 6.74. The second-order valence-corrected chi connectivity index (χ2v) is 4.84. The molecule has 25 heavy (non-hydrogen) atoms. The largest absolute Gasteiger partial charge is 0.478 e. The number of carbonyl (C=O) groups is 3. The first-order chi connectivity index (χ1) is 11.6. The van der Waals surface area contributed by atoms with E-state index in [-0.39, 0.29) is 5.56 Å². The van der Waals surface area contributed by atoms with Gasteiger partial charge in [-0.1, -0.05) is 12.1 Å². The number of Topliss-reactive ketones (excluding diaryl/α,β-unsaturated/α-hetero) is 1. The van der Waals surface area contributed by atoms with Crippen LogP contribution in [0, 0.1) is 0 Å². The fourth-order valence-electron chi connectivity index (χ4n) is 1.88. The number of fused-ring (bicyclic) bond motifs is 1. The molecule has 1 unspecified atom stereocenters. The molecule has 7 nitrogen and oxygen atoms in total. The van der Waals surface area contributed by atoms with Crippen LogP contribution < -0.4 is 9.47 Å². The van der Waals surface area contributed by atoms with Crippen LogP contribution >= 0.6 is 0 Å². The summed E-state index contributed by atoms with van der Waals surface area (Å²) in [5, 5.41) is 9.11. The van der Waals surface area contributed by atoms with E-state index in [4.69, 9.17) is 5.11 Å². The third-order valence-corrected chi connectivity index (χ3v) is 2.98. The molecule has 134 valence electrons. The van der Waals surface area contributed by atoms with Crippen molar-refractivity contribution >= 4 is 23.8 Å². The molecule has 0 aliphatic carbocycles. The van der Waals surface area contributed by atoms with E-state index in [1.807, 2.05) is 0 Å². The Morgan fingerprint density at radius 2 is 2.04 bits per heavy atom. The minimum atomic E-state index is -4.21. The summed E-state index contributed by atoms with van der Waals surface area (Å²) in [5.74, 6) is -4.52. The van der Waals surface area contributed by atoms with Gasteiger partial charge in [0.05, 0.1) is 0 Å². The second-order valence-electron chi connectivity index (χ2n) is 4.84. The van der Waals surface area contributed by atoms with Crippen molar-refractivity contribution < 1.29 is 46.9 Å². The Morgan fingerprint density at radius 1 is 1.36 bits per heavy atom. The molecule has 0 bridgehead atoms. The molecular formula is C15H11F3O7. The number of ketones is 1. The number of aliphatic carboxylic acids is 1. The van der Waals surface area contributed by atoms with Crippen LogP contribution in [0.3, 0.4) is 0 Å². The molecule has 1 heterocycles. The molecule has 0 radical (unpaired) electrons. The van der Waals surface area contributed by atoms with Gasteiger partial charge in [0.1, 0.15) is 5.57 Å². The summed E-state index contributed by atoms with van der Waals surface area (Å²) >= 11 is 0. The highest BCUT2D eigenvalue weighted by Crippen LogP contribution is 2.43. The maximum atomic E-state index is 13.3. The van der Waals surface area contributed by atoms with Gasteiger partial charge in [-0.25, -0.2) is 4.79 Å². The Balaban J connectivity index is 2.40. The quantitative estimate of drug-likeness (QED) is 0.371. The Kier molecular flexibility index (Phi) is 5.00. The molecule has 1 atom stereocenters. The maximum Gasteiger partial charge on any atom is 0.468 e. The van der Waals surface area contributed by atoms with Crippen LogP contribution in [0.2, 0.25) is 0 Å². The van der Waals surface area contributed by atoms with Crippen LogP contribution in [0.4, 0.5) is 13.2 Å². The molecule has 2 rings (SSSR count). The number of carboxylic acids is 1. The zero-order valence-electron chi connectivity index (χ0n) is 12.6. The Hall–Kier alpha value is -3.04. The van der Waals surface area contributed by atoms with E-state index < -0.39 is 53.9 Å². The zero-order valence-corrected chi connectivity index (χ0v) is 12.6. The first-order valence-corrected chi connectivity index (χ1v) is 6.74. The normalized spacial score (nSPS) is 18.4. The number of ether oxygens (including phenoxy) is 3. The number of benzene rings is 1. The summed E-state index contributed by atoms with van der Waals surface area (Å²) in [4.78, 5) is 33.8. The molecule has 0 saturated heterocycles. The van der Waals surface area contributed by atoms with Gasteiger partial charge < -0.3 is 19.3 Å². The molecule has 1 N–H and O–H groups in total. The van der Waals surface area contributed by atoms with Gasteiger partial charge in [0.15, 0.2) is 18.1 Å². The molecule has 1 aromatic rings. The summed E-state index contributed by atoms with van der Waals surface area (Å²) in [7, 11) is 0. The smallest absolute Gasteiger partial charge is 0.468 e. The van der Waals surface area contributed by atoms with Gasteiger partial charge in [0, 0.05) is 12.5 Å². The number of hydrogen-bond donors (Lipinski definition) is 1. The number of hydrogen-bond acceptors (Lipinski definition) is 6. The number of para-hydroxylation sites is 1. The number of carbonyl (C=O) groups excluding carboxylic acids is 2. The van der Waals surface area contributed by atoms with Crippen molar-refractivity contribution in [3.8, 4) is 11.5 Å². The molecule has 0 aromatic heterocycles. The van der Waals surface area contributed by atoms with E-state index in [2.05, 4.69) is 14.2 Å². The van der Waals surface area contributed by atoms with Gasteiger partial charge in [0.25, 0.3) is 0 Å². The molecule has 1 aromatic carbocycles. The Labute approximate surface area is 138 Å². The first kappa shape index (κ1) is 18.3. The lowest BCUT2D eigenvalue weighted by Gasteiger charge is -2.29. The third-order valence-electron chi connectivity index (χ3n) is 2.98. The minimum absolute atomic E-state index is 0.177. The number of halogens is 3. The van der Waals surface area contributed by atoms with E-state index >= 15 is 0 Å². The average Bonchev–Trinajstić information content (AvgIpc) is 2.51. The Morgan fingerprint density at radius 3 is 2.64 bits per heavy atom. The second kappa shape index (κ2) is 6.83. The van der Waals surface area contributed by atoms with Gasteiger partial charge in [-0.3, -0.25) is 9.59 Å². The van der Waals surface area contributed by atoms with Crippen LogP contribution in [0.1, 0.15) is 12.5 Å². The highest BCUT2D eigenvalue weighted by Gasteiger charge is 2.50. The summed E-state index contributed by atoms with van der Waals surface area (Å²) in [6.07, 6.45) is -6.54. The summed E-state index contributed by atoms with van der Waals surface area (Å²) in [6, 6.07) is 3.49. The molecule has 1 aliphatic heterocycles. The third kappa shape index (κ3) is 4.08. The molecule has 0 spiro atoms. The van der Waals surface area contributed by atoms with Crippen molar-refractivity contribution in [1.82, 2.24) is 0 Å². The van der Waals surface area contributed by atoms with E-state index in [0.717, 1.165) is 19.1 Å². The van der Waals surface area contributed by atoms with E-state index in [1.54, 1.807) is 0 Å². The van der Waals surface area contributed by atoms with Crippen molar-refractivity contribution in [3.05, 3.63) is 29.3 Å². The summed E-state index contributed by atoms with van der Waals surface area (Å²) in [5.41, 5.74) is -0.991. The van der Waals surface area contributed by atoms with Gasteiger partial charge in [-0.15, -0.1) is 0 Å². The molecule has 0 fully saturated rings. The van der Waals surface area contributed by atoms with Gasteiger partial charge >= 0.3 is 24.4 Å². The molecular weight excluding hydrogens is 349 g/mol. The zero-order chi connectivity index (χ0) is 18.8. The van der Waals surface area contributed by atoms with E-state index in [0.29, 0.717) is 0 Å². The molecule has 1 aliphatic rings. The molecule has 0 saturated carbocycles. The van der Waals surface area contributed by atoms with Crippen molar-refractivity contribution in [2.24, 2.45) is 0 Å². The fourth-order valence-corrected chi connectivity index (χ4v) is 1.88. The van der Waals surface area contributed by atoms with Crippen LogP contribution in [0.15, 0.2) is 23.8 Å². The van der Waals surface area contributed by atoms with Crippen molar-refractivity contribution in [1.29, 1.82) is 0 Å². The van der Waals surface area contributed by atoms with Gasteiger partial charge in [-0.2, -0.15) is 13.2 Å². The van der Waals surface area contributed by atoms with Gasteiger partial charge in [0.2, 0.25) is 5.78 Å². The standard InChI is InChI=1S/C15H11F3O7/c1-7(19)23-6-10(20)9(13(21)22)5-8-3-2-4-11-12(8)24-14(16)15(17,18)25-11/h2-5,14H,6H2,1H3,(H,21,22). The van der Waals surface area contributed by atoms with Crippen LogP contribution in [0.5, 0.6) is 11.5 Å². The predicted octanol–water partition coefficient (Wildman–Crippen LogP) is 1.95. The SMILES string of the molecule is CC(=O)OCC(=O)C(=Cc1cccc2c1OC(F)C(F)(F)O2)C(=O)O. The monoisotopic (exact) mass is 360 g/mol. The number of alkyl halides is 3. The molecule has 0 amide bonds. The van der Waals surface area contributed by atoms with Crippen LogP contribution in [0.25, 0.3) is 6.08 Å². The minimum Gasteiger partial charge on any atom is -0.478 e. The van der Waals surface area contributed by atoms with Crippen LogP contribution in [-0.2, 0) is 19.1 Å². The predicted molar refractivity (Wildman–Crippen MR) is 74.8 cm³/mol. The number of esters is 1. The fraction of sp³-hybridized carbons (Fsp3) is 0.267. The average molecular weight is 360 g/mol. The lowest BCUT2D eigenvalue weighted by atomic mass is 10.1. The maximum absolute atomic E-state index is 13.3. The Bertz CT molecular complexity index is 757. The van der Waals surface area contributed by atoms with Crippen molar-refractivity contribution in [2.75, 3.05) is 6.61 Å². The highest BCUT2D eigenvalue weighted by molar-refractivity contribution is 6.20. The number of rotatable bonds is 5. The topological polar surface area (TPSA) is 99.1 Å². The highest BCUT2D eigenvalue weighted by atomic mass is 19.3. The van der Waals surface area contributed by atoms with Crippen LogP contribution in [-0.4, -0.2) is 41.9 Å². The summed E-state index contributed by atoms with van der Waals surface area (Å²) in [6.45, 7) is 0.196. The van der Waals surface area contributed by atoms with Gasteiger partial charge in [-0.05, 0) is 12.1 Å². The van der Waals surface area contributed by atoms with E-state index in [9.17, 15) is 27.6 Å². The van der Waals surface area contributed by atoms with Crippen molar-refractivity contribution in [2.45, 2.75) is 19.4 Å².